The SMILES string of the molecule is C1=CC2=NCC3CC=NC3C2CC1. The van der Waals surface area contributed by atoms with E-state index >= 15 is 0 Å². The minimum atomic E-state index is 0.567. The van der Waals surface area contributed by atoms with E-state index in [1.807, 2.05) is 0 Å². The van der Waals surface area contributed by atoms with Gasteiger partial charge in [-0.3, -0.25) is 9.98 Å². The van der Waals surface area contributed by atoms with Crippen LogP contribution in [0.25, 0.3) is 0 Å². The summed E-state index contributed by atoms with van der Waals surface area (Å²) in [4.78, 5) is 9.25. The zero-order chi connectivity index (χ0) is 8.67. The molecule has 1 aliphatic carbocycles. The molecule has 0 radical (unpaired) electrons. The van der Waals surface area contributed by atoms with Gasteiger partial charge in [-0.2, -0.15) is 0 Å². The molecule has 0 saturated carbocycles. The Morgan fingerprint density at radius 1 is 1.38 bits per heavy atom. The summed E-state index contributed by atoms with van der Waals surface area (Å²) >= 11 is 0. The van der Waals surface area contributed by atoms with Crippen LogP contribution in [0.15, 0.2) is 22.1 Å². The molecule has 3 atom stereocenters. The first-order chi connectivity index (χ1) is 6.45. The Morgan fingerprint density at radius 2 is 2.38 bits per heavy atom. The third kappa shape index (κ3) is 1.08. The summed E-state index contributed by atoms with van der Waals surface area (Å²) in [5, 5.41) is 0. The van der Waals surface area contributed by atoms with Gasteiger partial charge in [0.1, 0.15) is 0 Å². The number of rotatable bonds is 0. The lowest BCUT2D eigenvalue weighted by Gasteiger charge is -2.32. The number of fused-ring (bicyclic) bond motifs is 3. The first-order valence-corrected chi connectivity index (χ1v) is 5.17. The van der Waals surface area contributed by atoms with Gasteiger partial charge in [-0.05, 0) is 31.6 Å². The Kier molecular flexibility index (Phi) is 1.61. The summed E-state index contributed by atoms with van der Waals surface area (Å²) < 4.78 is 0. The van der Waals surface area contributed by atoms with Crippen LogP contribution in [0.3, 0.4) is 0 Å². The van der Waals surface area contributed by atoms with Crippen molar-refractivity contribution in [1.82, 2.24) is 0 Å². The van der Waals surface area contributed by atoms with Gasteiger partial charge in [0, 0.05) is 24.1 Å². The third-order valence-electron chi connectivity index (χ3n) is 3.40. The zero-order valence-electron chi connectivity index (χ0n) is 7.69. The molecule has 0 bridgehead atoms. The van der Waals surface area contributed by atoms with E-state index in [1.54, 1.807) is 0 Å². The Morgan fingerprint density at radius 3 is 3.38 bits per heavy atom. The smallest absolute Gasteiger partial charge is 0.0628 e. The molecule has 0 aromatic carbocycles. The minimum absolute atomic E-state index is 0.567. The quantitative estimate of drug-likeness (QED) is 0.535. The largest absolute Gasteiger partial charge is 0.293 e. The lowest BCUT2D eigenvalue weighted by atomic mass is 9.78. The molecule has 0 amide bonds. The summed E-state index contributed by atoms with van der Waals surface area (Å²) in [6.07, 6.45) is 10.2. The van der Waals surface area contributed by atoms with E-state index in [2.05, 4.69) is 28.4 Å². The maximum absolute atomic E-state index is 4.64. The van der Waals surface area contributed by atoms with Gasteiger partial charge in [0.25, 0.3) is 0 Å². The maximum atomic E-state index is 4.64. The molecular weight excluding hydrogens is 160 g/mol. The molecule has 3 unspecified atom stereocenters. The molecule has 0 aromatic rings. The molecule has 0 spiro atoms. The van der Waals surface area contributed by atoms with Crippen molar-refractivity contribution in [2.45, 2.75) is 25.3 Å². The minimum Gasteiger partial charge on any atom is -0.293 e. The van der Waals surface area contributed by atoms with Gasteiger partial charge in [0.15, 0.2) is 0 Å². The Bertz CT molecular complexity index is 301. The molecule has 0 saturated heterocycles. The van der Waals surface area contributed by atoms with E-state index in [1.165, 1.54) is 18.6 Å². The van der Waals surface area contributed by atoms with E-state index in [9.17, 15) is 0 Å². The lowest BCUT2D eigenvalue weighted by molar-refractivity contribution is 0.369. The highest BCUT2D eigenvalue weighted by Crippen LogP contribution is 2.34. The first-order valence-electron chi connectivity index (χ1n) is 5.17. The van der Waals surface area contributed by atoms with Crippen molar-refractivity contribution in [3.8, 4) is 0 Å². The second kappa shape index (κ2) is 2.79. The van der Waals surface area contributed by atoms with E-state index in [4.69, 9.17) is 0 Å². The molecule has 0 fully saturated rings. The van der Waals surface area contributed by atoms with Crippen LogP contribution in [0.4, 0.5) is 0 Å². The van der Waals surface area contributed by atoms with Crippen molar-refractivity contribution >= 4 is 11.9 Å². The highest BCUT2D eigenvalue weighted by molar-refractivity contribution is 5.98. The predicted octanol–water partition coefficient (Wildman–Crippen LogP) is 1.87. The van der Waals surface area contributed by atoms with Crippen LogP contribution < -0.4 is 0 Å². The van der Waals surface area contributed by atoms with Crippen molar-refractivity contribution in [2.75, 3.05) is 6.54 Å². The van der Waals surface area contributed by atoms with Gasteiger partial charge < -0.3 is 0 Å². The van der Waals surface area contributed by atoms with Crippen LogP contribution in [-0.4, -0.2) is 24.5 Å². The average Bonchev–Trinajstić information content (AvgIpc) is 2.65. The third-order valence-corrected chi connectivity index (χ3v) is 3.40. The number of nitrogens with zero attached hydrogens (tertiary/aromatic N) is 2. The summed E-state index contributed by atoms with van der Waals surface area (Å²) in [5.41, 5.74) is 1.31. The monoisotopic (exact) mass is 174 g/mol. The normalized spacial score (nSPS) is 41.2. The van der Waals surface area contributed by atoms with Gasteiger partial charge in [0.05, 0.1) is 6.04 Å². The summed E-state index contributed by atoms with van der Waals surface area (Å²) in [7, 11) is 0. The molecule has 13 heavy (non-hydrogen) atoms. The van der Waals surface area contributed by atoms with Gasteiger partial charge in [0.2, 0.25) is 0 Å². The van der Waals surface area contributed by atoms with Crippen molar-refractivity contribution in [3.05, 3.63) is 12.2 Å². The summed E-state index contributed by atoms with van der Waals surface area (Å²) in [5.74, 6) is 1.36. The van der Waals surface area contributed by atoms with E-state index < -0.39 is 0 Å². The van der Waals surface area contributed by atoms with Crippen LogP contribution in [-0.2, 0) is 0 Å². The summed E-state index contributed by atoms with van der Waals surface area (Å²) in [6, 6.07) is 0.567. The molecule has 0 N–H and O–H groups in total. The maximum Gasteiger partial charge on any atom is 0.0628 e. The number of aliphatic imine (C=N–C) groups is 2. The number of hydrogen-bond donors (Lipinski definition) is 0. The molecular formula is C11H14N2. The molecule has 2 nitrogen and oxygen atoms in total. The topological polar surface area (TPSA) is 24.7 Å². The van der Waals surface area contributed by atoms with Crippen molar-refractivity contribution in [1.29, 1.82) is 0 Å². The number of hydrogen-bond acceptors (Lipinski definition) is 2. The van der Waals surface area contributed by atoms with E-state index in [-0.39, 0.29) is 0 Å². The van der Waals surface area contributed by atoms with Crippen LogP contribution in [0, 0.1) is 11.8 Å². The lowest BCUT2D eigenvalue weighted by Crippen LogP contribution is -2.37. The van der Waals surface area contributed by atoms with Crippen molar-refractivity contribution in [2.24, 2.45) is 21.8 Å². The average molecular weight is 174 g/mol. The molecule has 2 aliphatic heterocycles. The molecule has 3 aliphatic rings. The van der Waals surface area contributed by atoms with Crippen LogP contribution >= 0.6 is 0 Å². The standard InChI is InChI=1S/C11H14N2/c1-2-4-10-9(3-1)11-8(7-13-10)5-6-12-11/h2,4,6,8-9,11H,1,3,5,7H2. The second-order valence-electron chi connectivity index (χ2n) is 4.17. The molecule has 2 heterocycles. The van der Waals surface area contributed by atoms with E-state index in [0.29, 0.717) is 12.0 Å². The van der Waals surface area contributed by atoms with Crippen LogP contribution in [0.2, 0.25) is 0 Å². The van der Waals surface area contributed by atoms with Gasteiger partial charge in [-0.1, -0.05) is 6.08 Å². The fourth-order valence-electron chi connectivity index (χ4n) is 2.68. The predicted molar refractivity (Wildman–Crippen MR) is 54.6 cm³/mol. The molecule has 2 heteroatoms. The zero-order valence-corrected chi connectivity index (χ0v) is 7.69. The molecule has 0 aromatic heterocycles. The molecule has 3 rings (SSSR count). The number of allylic oxidation sites excluding steroid dienone is 2. The molecule has 68 valence electrons. The van der Waals surface area contributed by atoms with Crippen LogP contribution in [0.5, 0.6) is 0 Å². The second-order valence-corrected chi connectivity index (χ2v) is 4.17. The highest BCUT2D eigenvalue weighted by Gasteiger charge is 2.37. The van der Waals surface area contributed by atoms with Crippen molar-refractivity contribution in [3.63, 3.8) is 0 Å². The van der Waals surface area contributed by atoms with Gasteiger partial charge >= 0.3 is 0 Å². The Labute approximate surface area is 78.5 Å². The fraction of sp³-hybridized carbons (Fsp3) is 0.636. The first kappa shape index (κ1) is 7.48. The Hall–Kier alpha value is -0.920. The van der Waals surface area contributed by atoms with Crippen LogP contribution in [0.1, 0.15) is 19.3 Å². The summed E-state index contributed by atoms with van der Waals surface area (Å²) in [6.45, 7) is 1.00. The van der Waals surface area contributed by atoms with Crippen molar-refractivity contribution < 1.29 is 0 Å². The van der Waals surface area contributed by atoms with Gasteiger partial charge in [-0.15, -0.1) is 0 Å². The highest BCUT2D eigenvalue weighted by atomic mass is 14.9. The Balaban J connectivity index is 1.96. The van der Waals surface area contributed by atoms with Gasteiger partial charge in [-0.25, -0.2) is 0 Å². The fourth-order valence-corrected chi connectivity index (χ4v) is 2.68. The van der Waals surface area contributed by atoms with E-state index in [0.717, 1.165) is 18.9 Å².